The van der Waals surface area contributed by atoms with Crippen molar-refractivity contribution in [1.82, 2.24) is 0 Å². The Morgan fingerprint density at radius 2 is 1.95 bits per heavy atom. The van der Waals surface area contributed by atoms with E-state index < -0.39 is 0 Å². The highest BCUT2D eigenvalue weighted by Gasteiger charge is 2.31. The first kappa shape index (κ1) is 17.5. The lowest BCUT2D eigenvalue weighted by Crippen LogP contribution is -2.25. The van der Waals surface area contributed by atoms with E-state index in [1.54, 1.807) is 16.7 Å². The van der Waals surface area contributed by atoms with Crippen LogP contribution in [0.5, 0.6) is 0 Å². The van der Waals surface area contributed by atoms with Crippen molar-refractivity contribution < 1.29 is 0 Å². The smallest absolute Gasteiger partial charge is 0.0114 e. The van der Waals surface area contributed by atoms with Crippen LogP contribution in [0.2, 0.25) is 0 Å². The zero-order valence-corrected chi connectivity index (χ0v) is 15.0. The summed E-state index contributed by atoms with van der Waals surface area (Å²) in [5.41, 5.74) is 5.39. The van der Waals surface area contributed by atoms with Crippen molar-refractivity contribution in [2.24, 2.45) is 17.3 Å². The second-order valence-corrected chi connectivity index (χ2v) is 7.52. The quantitative estimate of drug-likeness (QED) is 0.491. The molecule has 0 fully saturated rings. The second-order valence-electron chi connectivity index (χ2n) is 7.52. The Hall–Kier alpha value is -0.520. The lowest BCUT2D eigenvalue weighted by molar-refractivity contribution is 0.280. The Balaban J connectivity index is 3.24. The maximum absolute atomic E-state index is 2.52. The molecule has 0 heterocycles. The van der Waals surface area contributed by atoms with Gasteiger partial charge in [0.25, 0.3) is 0 Å². The Morgan fingerprint density at radius 3 is 2.50 bits per heavy atom. The van der Waals surface area contributed by atoms with Gasteiger partial charge in [0.2, 0.25) is 0 Å². The van der Waals surface area contributed by atoms with Gasteiger partial charge in [0.1, 0.15) is 0 Å². The summed E-state index contributed by atoms with van der Waals surface area (Å²) in [6.45, 7) is 16.8. The zero-order valence-electron chi connectivity index (χ0n) is 15.0. The van der Waals surface area contributed by atoms with Gasteiger partial charge < -0.3 is 0 Å². The third-order valence-corrected chi connectivity index (χ3v) is 5.61. The summed E-state index contributed by atoms with van der Waals surface area (Å²) in [4.78, 5) is 0. The molecule has 0 radical (unpaired) electrons. The summed E-state index contributed by atoms with van der Waals surface area (Å²) < 4.78 is 0. The van der Waals surface area contributed by atoms with Crippen LogP contribution in [0, 0.1) is 17.3 Å². The maximum atomic E-state index is 2.52. The third-order valence-electron chi connectivity index (χ3n) is 5.61. The van der Waals surface area contributed by atoms with Gasteiger partial charge in [0.15, 0.2) is 0 Å². The molecule has 1 aliphatic carbocycles. The predicted molar refractivity (Wildman–Crippen MR) is 91.9 cm³/mol. The molecular formula is C20H36. The molecule has 0 aromatic heterocycles. The van der Waals surface area contributed by atoms with Crippen LogP contribution in [0.15, 0.2) is 22.8 Å². The molecule has 0 nitrogen and oxygen atoms in total. The van der Waals surface area contributed by atoms with E-state index in [1.165, 1.54) is 32.1 Å². The average molecular weight is 277 g/mol. The summed E-state index contributed by atoms with van der Waals surface area (Å²) in [5.74, 6) is 1.55. The first-order chi connectivity index (χ1) is 9.34. The lowest BCUT2D eigenvalue weighted by atomic mass is 9.67. The van der Waals surface area contributed by atoms with Gasteiger partial charge in [-0.15, -0.1) is 0 Å². The van der Waals surface area contributed by atoms with Crippen molar-refractivity contribution in [3.8, 4) is 0 Å². The van der Waals surface area contributed by atoms with Crippen molar-refractivity contribution in [3.05, 3.63) is 22.8 Å². The van der Waals surface area contributed by atoms with Crippen molar-refractivity contribution >= 4 is 0 Å². The summed E-state index contributed by atoms with van der Waals surface area (Å²) in [6.07, 6.45) is 10.2. The fourth-order valence-electron chi connectivity index (χ4n) is 3.97. The maximum Gasteiger partial charge on any atom is -0.0114 e. The van der Waals surface area contributed by atoms with E-state index in [0.29, 0.717) is 5.41 Å². The molecule has 0 aromatic carbocycles. The molecule has 0 saturated carbocycles. The van der Waals surface area contributed by atoms with E-state index in [1.807, 2.05) is 0 Å². The molecule has 1 aliphatic rings. The molecule has 20 heavy (non-hydrogen) atoms. The fourth-order valence-corrected chi connectivity index (χ4v) is 3.97. The minimum Gasteiger partial charge on any atom is -0.0815 e. The third kappa shape index (κ3) is 4.24. The van der Waals surface area contributed by atoms with Crippen molar-refractivity contribution in [1.29, 1.82) is 0 Å². The van der Waals surface area contributed by atoms with Crippen LogP contribution < -0.4 is 0 Å². The van der Waals surface area contributed by atoms with Crippen LogP contribution in [0.25, 0.3) is 0 Å². The molecule has 0 amide bonds. The molecule has 0 heteroatoms. The number of hydrogen-bond acceptors (Lipinski definition) is 0. The van der Waals surface area contributed by atoms with E-state index >= 15 is 0 Å². The van der Waals surface area contributed by atoms with Gasteiger partial charge >= 0.3 is 0 Å². The second kappa shape index (κ2) is 7.48. The molecule has 1 rings (SSSR count). The number of rotatable bonds is 3. The Kier molecular flexibility index (Phi) is 6.55. The minimum atomic E-state index is 0.410. The van der Waals surface area contributed by atoms with Gasteiger partial charge in [0.05, 0.1) is 0 Å². The fraction of sp³-hybridized carbons (Fsp3) is 0.800. The molecule has 3 atom stereocenters. The van der Waals surface area contributed by atoms with E-state index in [0.717, 1.165) is 18.3 Å². The SMILES string of the molecule is CCC(C)C1=C(C)CC=C(C)CC(C)CCC1(C)CC. The summed E-state index contributed by atoms with van der Waals surface area (Å²) in [5, 5.41) is 0. The van der Waals surface area contributed by atoms with Crippen LogP contribution >= 0.6 is 0 Å². The monoisotopic (exact) mass is 276 g/mol. The standard InChI is InChI=1S/C20H36/c1-8-17(5)19-18(6)11-10-15(3)14-16(4)12-13-20(19,7)9-2/h10,16-17H,8-9,11-14H2,1-7H3. The highest BCUT2D eigenvalue weighted by Crippen LogP contribution is 2.44. The lowest BCUT2D eigenvalue weighted by Gasteiger charge is -2.38. The van der Waals surface area contributed by atoms with E-state index in [-0.39, 0.29) is 0 Å². The molecule has 0 saturated heterocycles. The van der Waals surface area contributed by atoms with E-state index in [9.17, 15) is 0 Å². The van der Waals surface area contributed by atoms with Gasteiger partial charge in [-0.2, -0.15) is 0 Å². The Morgan fingerprint density at radius 1 is 1.30 bits per heavy atom. The molecule has 3 unspecified atom stereocenters. The van der Waals surface area contributed by atoms with Gasteiger partial charge in [0, 0.05) is 0 Å². The first-order valence-electron chi connectivity index (χ1n) is 8.69. The van der Waals surface area contributed by atoms with Crippen LogP contribution in [0.3, 0.4) is 0 Å². The molecular weight excluding hydrogens is 240 g/mol. The van der Waals surface area contributed by atoms with Crippen LogP contribution in [0.4, 0.5) is 0 Å². The largest absolute Gasteiger partial charge is 0.0815 e. The number of allylic oxidation sites excluding steroid dienone is 4. The molecule has 0 aromatic rings. The topological polar surface area (TPSA) is 0 Å². The normalized spacial score (nSPS) is 30.9. The van der Waals surface area contributed by atoms with E-state index in [4.69, 9.17) is 0 Å². The average Bonchev–Trinajstić information content (AvgIpc) is 2.42. The highest BCUT2D eigenvalue weighted by molar-refractivity contribution is 5.25. The van der Waals surface area contributed by atoms with Gasteiger partial charge in [-0.1, -0.05) is 57.4 Å². The predicted octanol–water partition coefficient (Wildman–Crippen LogP) is 6.92. The first-order valence-corrected chi connectivity index (χ1v) is 8.69. The zero-order chi connectivity index (χ0) is 15.3. The Labute approximate surface area is 127 Å². The number of hydrogen-bond donors (Lipinski definition) is 0. The van der Waals surface area contributed by atoms with Gasteiger partial charge in [-0.05, 0) is 69.6 Å². The highest BCUT2D eigenvalue weighted by atomic mass is 14.4. The van der Waals surface area contributed by atoms with Crippen LogP contribution in [-0.4, -0.2) is 0 Å². The van der Waals surface area contributed by atoms with Gasteiger partial charge in [-0.3, -0.25) is 0 Å². The van der Waals surface area contributed by atoms with E-state index in [2.05, 4.69) is 54.5 Å². The summed E-state index contributed by atoms with van der Waals surface area (Å²) >= 11 is 0. The van der Waals surface area contributed by atoms with Crippen molar-refractivity contribution in [2.75, 3.05) is 0 Å². The Bertz CT molecular complexity index is 371. The molecule has 0 aliphatic heterocycles. The summed E-state index contributed by atoms with van der Waals surface area (Å²) in [7, 11) is 0. The van der Waals surface area contributed by atoms with Crippen molar-refractivity contribution in [2.45, 2.75) is 87.0 Å². The van der Waals surface area contributed by atoms with Crippen LogP contribution in [-0.2, 0) is 0 Å². The minimum absolute atomic E-state index is 0.410. The van der Waals surface area contributed by atoms with Crippen molar-refractivity contribution in [3.63, 3.8) is 0 Å². The summed E-state index contributed by atoms with van der Waals surface area (Å²) in [6, 6.07) is 0. The molecule has 0 N–H and O–H groups in total. The molecule has 116 valence electrons. The molecule has 0 bridgehead atoms. The molecule has 0 spiro atoms. The van der Waals surface area contributed by atoms with Crippen LogP contribution in [0.1, 0.15) is 87.0 Å². The van der Waals surface area contributed by atoms with Gasteiger partial charge in [-0.25, -0.2) is 0 Å².